The van der Waals surface area contributed by atoms with Gasteiger partial charge in [-0.25, -0.2) is 18.6 Å². The van der Waals surface area contributed by atoms with Crippen LogP contribution in [0.5, 0.6) is 0 Å². The number of benzene rings is 1. The molecule has 9 heteroatoms. The van der Waals surface area contributed by atoms with Crippen LogP contribution in [0.2, 0.25) is 0 Å². The van der Waals surface area contributed by atoms with Gasteiger partial charge in [-0.05, 0) is 19.1 Å². The van der Waals surface area contributed by atoms with Crippen molar-refractivity contribution in [3.05, 3.63) is 51.3 Å². The Morgan fingerprint density at radius 1 is 1.48 bits per heavy atom. The fourth-order valence-corrected chi connectivity index (χ4v) is 4.12. The molecule has 2 aliphatic heterocycles. The summed E-state index contributed by atoms with van der Waals surface area (Å²) in [6.45, 7) is 1.85. The summed E-state index contributed by atoms with van der Waals surface area (Å²) in [4.78, 5) is 31.1. The summed E-state index contributed by atoms with van der Waals surface area (Å²) in [6, 6.07) is 1.65. The van der Waals surface area contributed by atoms with Gasteiger partial charge >= 0.3 is 5.97 Å². The van der Waals surface area contributed by atoms with E-state index >= 15 is 0 Å². The number of hydrogen-bond acceptors (Lipinski definition) is 4. The second-order valence-corrected chi connectivity index (χ2v) is 7.45. The molecular formula is C18H16BrF2N3O3. The van der Waals surface area contributed by atoms with E-state index in [4.69, 9.17) is 4.74 Å². The molecule has 2 atom stereocenters. The van der Waals surface area contributed by atoms with E-state index in [-0.39, 0.29) is 42.9 Å². The largest absolute Gasteiger partial charge is 0.464 e. The van der Waals surface area contributed by atoms with E-state index in [1.54, 1.807) is 11.5 Å². The maximum atomic E-state index is 14.3. The third-order valence-corrected chi connectivity index (χ3v) is 5.31. The number of esters is 1. The number of rotatable bonds is 4. The molecule has 0 radical (unpaired) electrons. The zero-order valence-electron chi connectivity index (χ0n) is 14.4. The minimum Gasteiger partial charge on any atom is -0.464 e. The molecule has 1 aromatic heterocycles. The summed E-state index contributed by atoms with van der Waals surface area (Å²) in [5.74, 6) is -1.68. The number of amides is 1. The lowest BCUT2D eigenvalue weighted by Crippen LogP contribution is -2.36. The van der Waals surface area contributed by atoms with Gasteiger partial charge in [0, 0.05) is 27.7 Å². The quantitative estimate of drug-likeness (QED) is 0.687. The highest BCUT2D eigenvalue weighted by Gasteiger charge is 2.43. The molecule has 0 N–H and O–H groups in total. The Morgan fingerprint density at radius 3 is 3.00 bits per heavy atom. The first kappa shape index (κ1) is 18.1. The predicted molar refractivity (Wildman–Crippen MR) is 94.2 cm³/mol. The van der Waals surface area contributed by atoms with Crippen molar-refractivity contribution >= 4 is 27.8 Å². The maximum Gasteiger partial charge on any atom is 0.335 e. The molecule has 0 aliphatic carbocycles. The van der Waals surface area contributed by atoms with Crippen molar-refractivity contribution < 1.29 is 23.1 Å². The van der Waals surface area contributed by atoms with Crippen molar-refractivity contribution in [3.63, 3.8) is 0 Å². The normalized spacial score (nSPS) is 19.2. The Balaban J connectivity index is 1.77. The van der Waals surface area contributed by atoms with Crippen LogP contribution in [0, 0.1) is 5.82 Å². The molecule has 0 bridgehead atoms. The topological polar surface area (TPSA) is 64.4 Å². The van der Waals surface area contributed by atoms with Gasteiger partial charge in [-0.3, -0.25) is 4.79 Å². The predicted octanol–water partition coefficient (Wildman–Crippen LogP) is 2.94. The number of imidazole rings is 1. The van der Waals surface area contributed by atoms with Crippen LogP contribution >= 0.6 is 15.9 Å². The van der Waals surface area contributed by atoms with E-state index in [1.165, 1.54) is 23.4 Å². The zero-order chi connectivity index (χ0) is 19.3. The Labute approximate surface area is 162 Å². The summed E-state index contributed by atoms with van der Waals surface area (Å²) in [5, 5.41) is 0. The number of carbonyl (C=O) groups excluding carboxylic acids is 2. The Kier molecular flexibility index (Phi) is 4.49. The molecule has 1 aromatic carbocycles. The average Bonchev–Trinajstić information content (AvgIpc) is 3.24. The molecule has 1 amide bonds. The molecule has 0 fully saturated rings. The van der Waals surface area contributed by atoms with Crippen LogP contribution in [0.4, 0.5) is 8.78 Å². The summed E-state index contributed by atoms with van der Waals surface area (Å²) in [5.41, 5.74) is 1.26. The standard InChI is InChI=1S/C18H16BrF2N3O3/c1-2-27-18(26)16(15-14-5-10(20)6-23(14)8-22-15)24-7-12-11(17(24)25)3-9(19)4-13(12)21/h3-4,8,10,16H,2,5-7H2,1H3/t10-,16?/m1/s1. The van der Waals surface area contributed by atoms with Gasteiger partial charge in [0.1, 0.15) is 12.0 Å². The summed E-state index contributed by atoms with van der Waals surface area (Å²) < 4.78 is 35.4. The van der Waals surface area contributed by atoms with E-state index in [0.717, 1.165) is 0 Å². The minimum absolute atomic E-state index is 0.0812. The zero-order valence-corrected chi connectivity index (χ0v) is 16.0. The number of carbonyl (C=O) groups is 2. The van der Waals surface area contributed by atoms with Crippen molar-refractivity contribution in [2.45, 2.75) is 38.6 Å². The number of fused-ring (bicyclic) bond motifs is 2. The molecule has 0 spiro atoms. The Morgan fingerprint density at radius 2 is 2.26 bits per heavy atom. The molecule has 0 saturated carbocycles. The van der Waals surface area contributed by atoms with Crippen molar-refractivity contribution in [2.24, 2.45) is 0 Å². The molecule has 4 rings (SSSR count). The molecule has 6 nitrogen and oxygen atoms in total. The summed E-state index contributed by atoms with van der Waals surface area (Å²) >= 11 is 3.18. The van der Waals surface area contributed by atoms with E-state index in [2.05, 4.69) is 20.9 Å². The van der Waals surface area contributed by atoms with E-state index in [0.29, 0.717) is 10.2 Å². The second-order valence-electron chi connectivity index (χ2n) is 6.53. The Hall–Kier alpha value is -2.29. The van der Waals surface area contributed by atoms with Gasteiger partial charge in [-0.2, -0.15) is 0 Å². The number of halogens is 3. The monoisotopic (exact) mass is 439 g/mol. The number of alkyl halides is 1. The van der Waals surface area contributed by atoms with Gasteiger partial charge in [0.05, 0.1) is 31.7 Å². The van der Waals surface area contributed by atoms with Crippen LogP contribution in [-0.2, 0) is 29.0 Å². The van der Waals surface area contributed by atoms with Crippen molar-refractivity contribution in [3.8, 4) is 0 Å². The lowest BCUT2D eigenvalue weighted by atomic mass is 10.1. The number of nitrogens with zero attached hydrogens (tertiary/aromatic N) is 3. The fraction of sp³-hybridized carbons (Fsp3) is 0.389. The van der Waals surface area contributed by atoms with Gasteiger partial charge in [0.2, 0.25) is 0 Å². The first-order valence-electron chi connectivity index (χ1n) is 8.54. The van der Waals surface area contributed by atoms with Crippen molar-refractivity contribution in [2.75, 3.05) is 6.61 Å². The summed E-state index contributed by atoms with van der Waals surface area (Å²) in [7, 11) is 0. The summed E-state index contributed by atoms with van der Waals surface area (Å²) in [6.07, 6.45) is 0.506. The lowest BCUT2D eigenvalue weighted by Gasteiger charge is -2.25. The third-order valence-electron chi connectivity index (χ3n) is 4.85. The fourth-order valence-electron chi connectivity index (χ4n) is 3.69. The molecule has 0 saturated heterocycles. The van der Waals surface area contributed by atoms with Gasteiger partial charge in [-0.1, -0.05) is 15.9 Å². The van der Waals surface area contributed by atoms with Gasteiger partial charge in [0.15, 0.2) is 6.04 Å². The molecule has 1 unspecified atom stereocenters. The van der Waals surface area contributed by atoms with Crippen LogP contribution in [-0.4, -0.2) is 39.1 Å². The first-order chi connectivity index (χ1) is 12.9. The smallest absolute Gasteiger partial charge is 0.335 e. The molecular weight excluding hydrogens is 424 g/mol. The SMILES string of the molecule is CCOC(=O)C(c1ncn2c1C[C@@H](F)C2)N1Cc2c(F)cc(Br)cc2C1=O. The van der Waals surface area contributed by atoms with Crippen molar-refractivity contribution in [1.29, 1.82) is 0 Å². The Bertz CT molecular complexity index is 946. The van der Waals surface area contributed by atoms with Crippen LogP contribution < -0.4 is 0 Å². The molecule has 3 heterocycles. The van der Waals surface area contributed by atoms with Crippen LogP contribution in [0.15, 0.2) is 22.9 Å². The molecule has 27 heavy (non-hydrogen) atoms. The van der Waals surface area contributed by atoms with Crippen LogP contribution in [0.3, 0.4) is 0 Å². The highest BCUT2D eigenvalue weighted by Crippen LogP contribution is 2.37. The van der Waals surface area contributed by atoms with Gasteiger partial charge < -0.3 is 14.2 Å². The van der Waals surface area contributed by atoms with Gasteiger partial charge in [0.25, 0.3) is 5.91 Å². The van der Waals surface area contributed by atoms with E-state index in [1.807, 2.05) is 0 Å². The molecule has 2 aliphatic rings. The van der Waals surface area contributed by atoms with E-state index < -0.39 is 29.9 Å². The third kappa shape index (κ3) is 2.93. The van der Waals surface area contributed by atoms with Crippen LogP contribution in [0.25, 0.3) is 0 Å². The molecule has 2 aromatic rings. The molecule has 142 valence electrons. The number of ether oxygens (including phenoxy) is 1. The second kappa shape index (κ2) is 6.70. The number of aromatic nitrogens is 2. The highest BCUT2D eigenvalue weighted by atomic mass is 79.9. The number of hydrogen-bond donors (Lipinski definition) is 0. The van der Waals surface area contributed by atoms with E-state index in [9.17, 15) is 18.4 Å². The average molecular weight is 440 g/mol. The van der Waals surface area contributed by atoms with Crippen molar-refractivity contribution in [1.82, 2.24) is 14.5 Å². The first-order valence-corrected chi connectivity index (χ1v) is 9.33. The van der Waals surface area contributed by atoms with Gasteiger partial charge in [-0.15, -0.1) is 0 Å². The van der Waals surface area contributed by atoms with Crippen LogP contribution in [0.1, 0.15) is 40.3 Å². The lowest BCUT2D eigenvalue weighted by molar-refractivity contribution is -0.149. The highest BCUT2D eigenvalue weighted by molar-refractivity contribution is 9.10. The maximum absolute atomic E-state index is 14.3. The minimum atomic E-state index is -1.15.